The zero-order chi connectivity index (χ0) is 26.2. The second kappa shape index (κ2) is 9.74. The smallest absolute Gasteiger partial charge is 0.0705 e. The fourth-order valence-electron chi connectivity index (χ4n) is 5.79. The minimum atomic E-state index is 0.867. The van der Waals surface area contributed by atoms with Gasteiger partial charge in [0.1, 0.15) is 0 Å². The summed E-state index contributed by atoms with van der Waals surface area (Å²) < 4.78 is 0. The second-order valence-electron chi connectivity index (χ2n) is 10.1. The van der Waals surface area contributed by atoms with Crippen molar-refractivity contribution in [3.05, 3.63) is 145 Å². The number of rotatable bonds is 4. The van der Waals surface area contributed by atoms with Crippen molar-refractivity contribution in [2.45, 2.75) is 6.92 Å². The number of hydrogen-bond donors (Lipinski definition) is 1. The number of aromatic nitrogens is 1. The van der Waals surface area contributed by atoms with Crippen molar-refractivity contribution in [3.63, 3.8) is 0 Å². The summed E-state index contributed by atoms with van der Waals surface area (Å²) in [6.45, 7) is 2.91. The average molecular weight is 501 g/mol. The first-order valence-corrected chi connectivity index (χ1v) is 13.4. The van der Waals surface area contributed by atoms with Crippen LogP contribution in [0, 0.1) is 6.92 Å². The Hall–Kier alpha value is -4.95. The highest BCUT2D eigenvalue weighted by Gasteiger charge is 2.17. The van der Waals surface area contributed by atoms with Gasteiger partial charge < -0.3 is 5.32 Å². The molecule has 39 heavy (non-hydrogen) atoms. The predicted octanol–water partition coefficient (Wildman–Crippen LogP) is 9.20. The minimum Gasteiger partial charge on any atom is -0.387 e. The van der Waals surface area contributed by atoms with Gasteiger partial charge in [0, 0.05) is 17.8 Å². The Bertz CT molecular complexity index is 1850. The van der Waals surface area contributed by atoms with E-state index in [1.807, 2.05) is 19.2 Å². The SMILES string of the molecule is Cc1cccc(-c2cccc(-c3c4ccccc4c(-c4ccc(C5=CCNC=C5)cc4)c4ccccc34)c2)n1. The number of pyridine rings is 1. The topological polar surface area (TPSA) is 24.9 Å². The molecule has 1 aromatic heterocycles. The number of nitrogens with one attached hydrogen (secondary N) is 1. The molecule has 1 N–H and O–H groups in total. The monoisotopic (exact) mass is 500 g/mol. The molecule has 6 aromatic rings. The lowest BCUT2D eigenvalue weighted by atomic mass is 9.85. The first-order chi connectivity index (χ1) is 19.3. The van der Waals surface area contributed by atoms with Gasteiger partial charge in [-0.15, -0.1) is 0 Å². The van der Waals surface area contributed by atoms with Crippen molar-refractivity contribution in [2.24, 2.45) is 0 Å². The van der Waals surface area contributed by atoms with Gasteiger partial charge in [-0.05, 0) is 92.3 Å². The van der Waals surface area contributed by atoms with Crippen molar-refractivity contribution in [2.75, 3.05) is 6.54 Å². The summed E-state index contributed by atoms with van der Waals surface area (Å²) in [6, 6.07) is 41.7. The van der Waals surface area contributed by atoms with Crippen LogP contribution in [0.3, 0.4) is 0 Å². The van der Waals surface area contributed by atoms with Gasteiger partial charge in [-0.25, -0.2) is 0 Å². The lowest BCUT2D eigenvalue weighted by Gasteiger charge is -2.18. The van der Waals surface area contributed by atoms with E-state index >= 15 is 0 Å². The van der Waals surface area contributed by atoms with Gasteiger partial charge in [0.25, 0.3) is 0 Å². The largest absolute Gasteiger partial charge is 0.387 e. The number of dihydropyridines is 1. The molecule has 0 atom stereocenters. The molecule has 0 amide bonds. The highest BCUT2D eigenvalue weighted by molar-refractivity contribution is 6.21. The lowest BCUT2D eigenvalue weighted by molar-refractivity contribution is 0.976. The van der Waals surface area contributed by atoms with E-state index < -0.39 is 0 Å². The Labute approximate surface area is 229 Å². The van der Waals surface area contributed by atoms with E-state index in [-0.39, 0.29) is 0 Å². The predicted molar refractivity (Wildman–Crippen MR) is 165 cm³/mol. The van der Waals surface area contributed by atoms with Crippen LogP contribution >= 0.6 is 0 Å². The second-order valence-corrected chi connectivity index (χ2v) is 10.1. The molecule has 1 aliphatic heterocycles. The summed E-state index contributed by atoms with van der Waals surface area (Å²) >= 11 is 0. The molecule has 0 saturated carbocycles. The number of aryl methyl sites for hydroxylation is 1. The van der Waals surface area contributed by atoms with Crippen LogP contribution in [0.5, 0.6) is 0 Å². The normalized spacial score (nSPS) is 12.9. The first-order valence-electron chi connectivity index (χ1n) is 13.4. The number of allylic oxidation sites excluding steroid dienone is 2. The van der Waals surface area contributed by atoms with Crippen LogP contribution in [0.1, 0.15) is 11.3 Å². The van der Waals surface area contributed by atoms with Gasteiger partial charge in [-0.2, -0.15) is 0 Å². The van der Waals surface area contributed by atoms with Crippen LogP contribution in [0.4, 0.5) is 0 Å². The molecule has 0 spiro atoms. The lowest BCUT2D eigenvalue weighted by Crippen LogP contribution is -2.08. The number of fused-ring (bicyclic) bond motifs is 2. The van der Waals surface area contributed by atoms with E-state index in [1.165, 1.54) is 54.9 Å². The average Bonchev–Trinajstić information content (AvgIpc) is 3.00. The van der Waals surface area contributed by atoms with Crippen molar-refractivity contribution in [1.82, 2.24) is 10.3 Å². The van der Waals surface area contributed by atoms with Crippen LogP contribution < -0.4 is 5.32 Å². The van der Waals surface area contributed by atoms with Crippen LogP contribution in [-0.4, -0.2) is 11.5 Å². The van der Waals surface area contributed by atoms with E-state index in [9.17, 15) is 0 Å². The minimum absolute atomic E-state index is 0.867. The van der Waals surface area contributed by atoms with Crippen molar-refractivity contribution >= 4 is 27.1 Å². The summed E-state index contributed by atoms with van der Waals surface area (Å²) in [7, 11) is 0. The molecule has 5 aromatic carbocycles. The van der Waals surface area contributed by atoms with E-state index in [0.717, 1.165) is 23.5 Å². The maximum Gasteiger partial charge on any atom is 0.0705 e. The summed E-state index contributed by atoms with van der Waals surface area (Å²) in [5.74, 6) is 0. The quantitative estimate of drug-likeness (QED) is 0.244. The Balaban J connectivity index is 1.45. The highest BCUT2D eigenvalue weighted by Crippen LogP contribution is 2.44. The Morgan fingerprint density at radius 2 is 1.15 bits per heavy atom. The summed E-state index contributed by atoms with van der Waals surface area (Å²) in [5, 5.41) is 8.28. The molecule has 0 fully saturated rings. The maximum atomic E-state index is 4.79. The van der Waals surface area contributed by atoms with Gasteiger partial charge >= 0.3 is 0 Å². The van der Waals surface area contributed by atoms with Crippen LogP contribution in [0.15, 0.2) is 134 Å². The molecule has 2 nitrogen and oxygen atoms in total. The van der Waals surface area contributed by atoms with Gasteiger partial charge in [0.15, 0.2) is 0 Å². The molecule has 0 unspecified atom stereocenters. The third kappa shape index (κ3) is 4.20. The molecule has 0 saturated heterocycles. The van der Waals surface area contributed by atoms with E-state index in [4.69, 9.17) is 4.98 Å². The first kappa shape index (κ1) is 23.2. The third-order valence-electron chi connectivity index (χ3n) is 7.59. The van der Waals surface area contributed by atoms with E-state index in [1.54, 1.807) is 0 Å². The fourth-order valence-corrected chi connectivity index (χ4v) is 5.79. The summed E-state index contributed by atoms with van der Waals surface area (Å²) in [5.41, 5.74) is 10.6. The number of hydrogen-bond acceptors (Lipinski definition) is 2. The van der Waals surface area contributed by atoms with Crippen LogP contribution in [0.2, 0.25) is 0 Å². The fraction of sp³-hybridized carbons (Fsp3) is 0.0541. The molecule has 0 radical (unpaired) electrons. The zero-order valence-corrected chi connectivity index (χ0v) is 21.9. The molecule has 1 aliphatic rings. The molecular weight excluding hydrogens is 472 g/mol. The summed E-state index contributed by atoms with van der Waals surface area (Å²) in [4.78, 5) is 4.79. The Morgan fingerprint density at radius 3 is 1.77 bits per heavy atom. The zero-order valence-electron chi connectivity index (χ0n) is 21.9. The molecular formula is C37H28N2. The van der Waals surface area contributed by atoms with E-state index in [2.05, 4.69) is 127 Å². The van der Waals surface area contributed by atoms with Gasteiger partial charge in [0.2, 0.25) is 0 Å². The van der Waals surface area contributed by atoms with Crippen LogP contribution in [0.25, 0.3) is 60.6 Å². The Kier molecular flexibility index (Phi) is 5.79. The van der Waals surface area contributed by atoms with E-state index in [0.29, 0.717) is 0 Å². The van der Waals surface area contributed by atoms with Crippen molar-refractivity contribution < 1.29 is 0 Å². The van der Waals surface area contributed by atoms with Crippen LogP contribution in [-0.2, 0) is 0 Å². The standard InChI is InChI=1S/C37H28N2/c1-25-8-6-15-35(39-25)29-9-7-10-30(24-29)37-33-13-4-2-11-31(33)36(32-12-3-5-14-34(32)37)28-18-16-26(17-19-28)27-20-22-38-23-21-27/h2-22,24,38H,23H2,1H3. The van der Waals surface area contributed by atoms with Crippen molar-refractivity contribution in [3.8, 4) is 33.5 Å². The molecule has 186 valence electrons. The van der Waals surface area contributed by atoms with Crippen molar-refractivity contribution in [1.29, 1.82) is 0 Å². The number of nitrogens with zero attached hydrogens (tertiary/aromatic N) is 1. The van der Waals surface area contributed by atoms with Gasteiger partial charge in [-0.3, -0.25) is 4.98 Å². The molecule has 0 aliphatic carbocycles. The highest BCUT2D eigenvalue weighted by atomic mass is 14.8. The molecule has 2 heteroatoms. The van der Waals surface area contributed by atoms with Gasteiger partial charge in [-0.1, -0.05) is 103 Å². The third-order valence-corrected chi connectivity index (χ3v) is 7.59. The summed E-state index contributed by atoms with van der Waals surface area (Å²) in [6.07, 6.45) is 6.39. The maximum absolute atomic E-state index is 4.79. The molecule has 7 rings (SSSR count). The molecule has 0 bridgehead atoms. The van der Waals surface area contributed by atoms with Gasteiger partial charge in [0.05, 0.1) is 5.69 Å². The Morgan fingerprint density at radius 1 is 0.564 bits per heavy atom. The number of benzene rings is 5. The molecule has 2 heterocycles.